The number of hydrogen-bond donors (Lipinski definition) is 2. The van der Waals surface area contributed by atoms with Gasteiger partial charge in [-0.25, -0.2) is 4.98 Å². The Kier molecular flexibility index (Phi) is 2.61. The molecule has 0 saturated carbocycles. The molecule has 0 aliphatic heterocycles. The summed E-state index contributed by atoms with van der Waals surface area (Å²) in [5.74, 6) is 0.829. The van der Waals surface area contributed by atoms with Crippen molar-refractivity contribution in [3.63, 3.8) is 0 Å². The van der Waals surface area contributed by atoms with E-state index in [2.05, 4.69) is 21.4 Å². The lowest BCUT2D eigenvalue weighted by Gasteiger charge is -2.07. The molecule has 0 atom stereocenters. The Labute approximate surface area is 105 Å². The summed E-state index contributed by atoms with van der Waals surface area (Å²) in [5, 5.41) is 4.39. The Morgan fingerprint density at radius 1 is 1.17 bits per heavy atom. The molecule has 0 radical (unpaired) electrons. The van der Waals surface area contributed by atoms with Gasteiger partial charge in [-0.05, 0) is 24.3 Å². The largest absolute Gasteiger partial charge is 0.497 e. The van der Waals surface area contributed by atoms with Gasteiger partial charge in [0.15, 0.2) is 0 Å². The van der Waals surface area contributed by atoms with Gasteiger partial charge in [0.05, 0.1) is 19.0 Å². The molecular formula is C14H13N3O. The van der Waals surface area contributed by atoms with Crippen LogP contribution in [0.4, 0.5) is 11.4 Å². The normalized spacial score (nSPS) is 10.5. The van der Waals surface area contributed by atoms with E-state index in [1.54, 1.807) is 13.3 Å². The fraction of sp³-hybridized carbons (Fsp3) is 0.0714. The lowest BCUT2D eigenvalue weighted by molar-refractivity contribution is 0.415. The molecule has 2 aromatic heterocycles. The Balaban J connectivity index is 1.90. The van der Waals surface area contributed by atoms with Gasteiger partial charge in [-0.2, -0.15) is 0 Å². The van der Waals surface area contributed by atoms with Gasteiger partial charge in [0, 0.05) is 23.3 Å². The van der Waals surface area contributed by atoms with Crippen molar-refractivity contribution in [1.29, 1.82) is 0 Å². The van der Waals surface area contributed by atoms with E-state index in [0.717, 1.165) is 28.2 Å². The third-order valence-electron chi connectivity index (χ3n) is 2.76. The molecule has 2 N–H and O–H groups in total. The summed E-state index contributed by atoms with van der Waals surface area (Å²) < 4.78 is 5.19. The molecule has 1 aromatic carbocycles. The number of aromatic nitrogens is 2. The van der Waals surface area contributed by atoms with E-state index in [4.69, 9.17) is 4.74 Å². The number of pyridine rings is 1. The number of benzene rings is 1. The molecule has 4 heteroatoms. The molecule has 0 aliphatic rings. The quantitative estimate of drug-likeness (QED) is 0.737. The number of anilines is 2. The summed E-state index contributed by atoms with van der Waals surface area (Å²) in [4.78, 5) is 7.40. The first kappa shape index (κ1) is 10.7. The topological polar surface area (TPSA) is 49.9 Å². The number of H-pyrrole nitrogens is 1. The zero-order valence-corrected chi connectivity index (χ0v) is 9.97. The van der Waals surface area contributed by atoms with Gasteiger partial charge in [-0.15, -0.1) is 0 Å². The second-order valence-corrected chi connectivity index (χ2v) is 4.00. The predicted molar refractivity (Wildman–Crippen MR) is 72.4 cm³/mol. The lowest BCUT2D eigenvalue weighted by Crippen LogP contribution is -1.92. The maximum atomic E-state index is 5.19. The third-order valence-corrected chi connectivity index (χ3v) is 2.76. The minimum absolute atomic E-state index is 0.829. The summed E-state index contributed by atoms with van der Waals surface area (Å²) in [6, 6.07) is 11.9. The van der Waals surface area contributed by atoms with Crippen molar-refractivity contribution in [2.75, 3.05) is 12.4 Å². The first-order valence-electron chi connectivity index (χ1n) is 5.69. The van der Waals surface area contributed by atoms with Crippen LogP contribution in [0.5, 0.6) is 5.75 Å². The highest BCUT2D eigenvalue weighted by Crippen LogP contribution is 2.22. The van der Waals surface area contributed by atoms with E-state index in [-0.39, 0.29) is 0 Å². The molecule has 90 valence electrons. The van der Waals surface area contributed by atoms with Crippen LogP contribution < -0.4 is 10.1 Å². The van der Waals surface area contributed by atoms with Gasteiger partial charge in [0.1, 0.15) is 11.4 Å². The number of fused-ring (bicyclic) bond motifs is 1. The lowest BCUT2D eigenvalue weighted by atomic mass is 10.2. The van der Waals surface area contributed by atoms with Crippen LogP contribution in [-0.4, -0.2) is 17.1 Å². The molecule has 3 aromatic rings. The molecule has 0 unspecified atom stereocenters. The van der Waals surface area contributed by atoms with E-state index in [9.17, 15) is 0 Å². The monoisotopic (exact) mass is 239 g/mol. The molecule has 0 fully saturated rings. The summed E-state index contributed by atoms with van der Waals surface area (Å²) in [5.41, 5.74) is 2.83. The van der Waals surface area contributed by atoms with Crippen LogP contribution in [0.3, 0.4) is 0 Å². The van der Waals surface area contributed by atoms with Crippen molar-refractivity contribution < 1.29 is 4.74 Å². The number of nitrogens with one attached hydrogen (secondary N) is 2. The average molecular weight is 239 g/mol. The highest BCUT2D eigenvalue weighted by molar-refractivity contribution is 5.80. The first-order chi connectivity index (χ1) is 8.85. The number of hydrogen-bond acceptors (Lipinski definition) is 3. The van der Waals surface area contributed by atoms with Crippen LogP contribution >= 0.6 is 0 Å². The van der Waals surface area contributed by atoms with Crippen LogP contribution in [0, 0.1) is 0 Å². The SMILES string of the molecule is COc1cccc(Nc2cnc3[nH]ccc3c2)c1. The third kappa shape index (κ3) is 2.00. The smallest absolute Gasteiger partial charge is 0.137 e. The van der Waals surface area contributed by atoms with Crippen LogP contribution in [-0.2, 0) is 0 Å². The summed E-state index contributed by atoms with van der Waals surface area (Å²) in [7, 11) is 1.66. The molecule has 18 heavy (non-hydrogen) atoms. The number of aromatic amines is 1. The highest BCUT2D eigenvalue weighted by atomic mass is 16.5. The zero-order valence-electron chi connectivity index (χ0n) is 9.97. The second kappa shape index (κ2) is 4.41. The van der Waals surface area contributed by atoms with Gasteiger partial charge in [0.25, 0.3) is 0 Å². The minimum atomic E-state index is 0.829. The maximum Gasteiger partial charge on any atom is 0.137 e. The molecule has 2 heterocycles. The van der Waals surface area contributed by atoms with Gasteiger partial charge < -0.3 is 15.0 Å². The van der Waals surface area contributed by atoms with Crippen molar-refractivity contribution in [3.8, 4) is 5.75 Å². The number of ether oxygens (including phenoxy) is 1. The van der Waals surface area contributed by atoms with Gasteiger partial charge in [-0.1, -0.05) is 6.07 Å². The first-order valence-corrected chi connectivity index (χ1v) is 5.69. The average Bonchev–Trinajstić information content (AvgIpc) is 2.86. The molecule has 0 saturated heterocycles. The molecule has 0 bridgehead atoms. The van der Waals surface area contributed by atoms with Crippen LogP contribution in [0.2, 0.25) is 0 Å². The van der Waals surface area contributed by atoms with Crippen LogP contribution in [0.15, 0.2) is 48.8 Å². The molecule has 0 aliphatic carbocycles. The summed E-state index contributed by atoms with van der Waals surface area (Å²) in [6.07, 6.45) is 3.69. The molecular weight excluding hydrogens is 226 g/mol. The molecule has 0 amide bonds. The Morgan fingerprint density at radius 2 is 2.11 bits per heavy atom. The molecule has 0 spiro atoms. The van der Waals surface area contributed by atoms with Gasteiger partial charge >= 0.3 is 0 Å². The fourth-order valence-corrected chi connectivity index (χ4v) is 1.88. The van der Waals surface area contributed by atoms with Gasteiger partial charge in [-0.3, -0.25) is 0 Å². The van der Waals surface area contributed by atoms with E-state index in [1.807, 2.05) is 36.5 Å². The van der Waals surface area contributed by atoms with Crippen molar-refractivity contribution in [2.24, 2.45) is 0 Å². The number of rotatable bonds is 3. The maximum absolute atomic E-state index is 5.19. The fourth-order valence-electron chi connectivity index (χ4n) is 1.88. The standard InChI is InChI=1S/C14H13N3O/c1-18-13-4-2-3-11(8-13)17-12-7-10-5-6-15-14(10)16-9-12/h2-9,17H,1H3,(H,15,16). The van der Waals surface area contributed by atoms with E-state index in [1.165, 1.54) is 0 Å². The minimum Gasteiger partial charge on any atom is -0.497 e. The van der Waals surface area contributed by atoms with E-state index in [0.29, 0.717) is 0 Å². The Hall–Kier alpha value is -2.49. The predicted octanol–water partition coefficient (Wildman–Crippen LogP) is 3.32. The summed E-state index contributed by atoms with van der Waals surface area (Å²) in [6.45, 7) is 0. The van der Waals surface area contributed by atoms with Crippen LogP contribution in [0.1, 0.15) is 0 Å². The van der Waals surface area contributed by atoms with E-state index >= 15 is 0 Å². The van der Waals surface area contributed by atoms with E-state index < -0.39 is 0 Å². The van der Waals surface area contributed by atoms with Crippen molar-refractivity contribution >= 4 is 22.4 Å². The summed E-state index contributed by atoms with van der Waals surface area (Å²) >= 11 is 0. The Morgan fingerprint density at radius 3 is 3.00 bits per heavy atom. The van der Waals surface area contributed by atoms with Crippen molar-refractivity contribution in [3.05, 3.63) is 48.8 Å². The molecule has 4 nitrogen and oxygen atoms in total. The number of methoxy groups -OCH3 is 1. The van der Waals surface area contributed by atoms with Gasteiger partial charge in [0.2, 0.25) is 0 Å². The Bertz CT molecular complexity index is 675. The molecule has 3 rings (SSSR count). The zero-order chi connectivity index (χ0) is 12.4. The van der Waals surface area contributed by atoms with Crippen molar-refractivity contribution in [1.82, 2.24) is 9.97 Å². The second-order valence-electron chi connectivity index (χ2n) is 4.00. The number of nitrogens with zero attached hydrogens (tertiary/aromatic N) is 1. The van der Waals surface area contributed by atoms with Crippen molar-refractivity contribution in [2.45, 2.75) is 0 Å². The van der Waals surface area contributed by atoms with Crippen LogP contribution in [0.25, 0.3) is 11.0 Å². The highest BCUT2D eigenvalue weighted by Gasteiger charge is 2.00.